The topological polar surface area (TPSA) is 41.5 Å². The Morgan fingerprint density at radius 3 is 2.56 bits per heavy atom. The van der Waals surface area contributed by atoms with Crippen LogP contribution in [0.2, 0.25) is 15.1 Å². The van der Waals surface area contributed by atoms with Crippen molar-refractivity contribution in [3.63, 3.8) is 0 Å². The minimum Gasteiger partial charge on any atom is -0.489 e. The van der Waals surface area contributed by atoms with Gasteiger partial charge < -0.3 is 15.2 Å². The molecule has 1 aromatic rings. The van der Waals surface area contributed by atoms with Crippen molar-refractivity contribution < 1.29 is 9.84 Å². The number of hydrogen-bond donors (Lipinski definition) is 2. The Hall–Kier alpha value is -0.190. The van der Waals surface area contributed by atoms with Crippen LogP contribution >= 0.6 is 34.8 Å². The van der Waals surface area contributed by atoms with Gasteiger partial charge in [0.2, 0.25) is 0 Å². The lowest BCUT2D eigenvalue weighted by Crippen LogP contribution is -2.32. The van der Waals surface area contributed by atoms with E-state index >= 15 is 0 Å². The number of hydrogen-bond acceptors (Lipinski definition) is 3. The minimum atomic E-state index is -0.573. The van der Waals surface area contributed by atoms with E-state index in [1.165, 1.54) is 18.9 Å². The number of nitrogens with one attached hydrogen (secondary N) is 1. The van der Waals surface area contributed by atoms with Crippen LogP contribution in [0.4, 0.5) is 0 Å². The van der Waals surface area contributed by atoms with Crippen LogP contribution in [0, 0.1) is 0 Å². The highest BCUT2D eigenvalue weighted by atomic mass is 35.5. The van der Waals surface area contributed by atoms with Gasteiger partial charge in [0.1, 0.15) is 18.5 Å². The maximum Gasteiger partial charge on any atom is 0.139 e. The Balaban J connectivity index is 1.82. The van der Waals surface area contributed by atoms with Gasteiger partial charge in [-0.2, -0.15) is 0 Å². The van der Waals surface area contributed by atoms with Crippen molar-refractivity contribution >= 4 is 34.8 Å². The molecule has 0 heterocycles. The molecule has 1 aliphatic carbocycles. The van der Waals surface area contributed by atoms with Crippen molar-refractivity contribution in [1.82, 2.24) is 5.32 Å². The Bertz CT molecular complexity index is 424. The third kappa shape index (κ3) is 4.18. The average Bonchev–Trinajstić information content (AvgIpc) is 3.13. The van der Waals surface area contributed by atoms with Gasteiger partial charge in [-0.1, -0.05) is 34.8 Å². The summed E-state index contributed by atoms with van der Waals surface area (Å²) in [5.41, 5.74) is 0. The number of aliphatic hydroxyl groups excluding tert-OH is 1. The molecule has 0 saturated heterocycles. The molecule has 1 saturated carbocycles. The van der Waals surface area contributed by atoms with E-state index in [1.807, 2.05) is 0 Å². The Morgan fingerprint density at radius 2 is 1.89 bits per heavy atom. The number of halogens is 3. The van der Waals surface area contributed by atoms with Gasteiger partial charge in [0.15, 0.2) is 0 Å². The van der Waals surface area contributed by atoms with Crippen molar-refractivity contribution in [2.24, 2.45) is 0 Å². The molecule has 3 nitrogen and oxygen atoms in total. The van der Waals surface area contributed by atoms with E-state index in [9.17, 15) is 5.11 Å². The summed E-state index contributed by atoms with van der Waals surface area (Å²) in [4.78, 5) is 0. The lowest BCUT2D eigenvalue weighted by Gasteiger charge is -2.14. The Kier molecular flexibility index (Phi) is 4.98. The standard InChI is InChI=1S/C12H14Cl3NO2/c13-9-3-11(15)12(4-10(9)14)18-6-8(17)5-16-7-1-2-7/h3-4,7-8,16-17H,1-2,5-6H2. The SMILES string of the molecule is OC(CNC1CC1)COc1cc(Cl)c(Cl)cc1Cl. The summed E-state index contributed by atoms with van der Waals surface area (Å²) >= 11 is 17.6. The molecule has 0 bridgehead atoms. The van der Waals surface area contributed by atoms with Crippen LogP contribution in [0.3, 0.4) is 0 Å². The van der Waals surface area contributed by atoms with Crippen LogP contribution in [-0.2, 0) is 0 Å². The molecule has 0 amide bonds. The van der Waals surface area contributed by atoms with Gasteiger partial charge in [-0.25, -0.2) is 0 Å². The van der Waals surface area contributed by atoms with E-state index in [1.54, 1.807) is 6.07 Å². The first-order chi connectivity index (χ1) is 8.56. The summed E-state index contributed by atoms with van der Waals surface area (Å²) in [6, 6.07) is 3.64. The summed E-state index contributed by atoms with van der Waals surface area (Å²) < 4.78 is 5.42. The highest BCUT2D eigenvalue weighted by Crippen LogP contribution is 2.33. The van der Waals surface area contributed by atoms with Crippen molar-refractivity contribution in [2.45, 2.75) is 25.0 Å². The molecule has 1 aromatic carbocycles. The number of aliphatic hydroxyl groups is 1. The zero-order chi connectivity index (χ0) is 13.1. The monoisotopic (exact) mass is 309 g/mol. The van der Waals surface area contributed by atoms with E-state index in [0.717, 1.165) is 0 Å². The highest BCUT2D eigenvalue weighted by molar-refractivity contribution is 6.43. The van der Waals surface area contributed by atoms with Crippen molar-refractivity contribution in [1.29, 1.82) is 0 Å². The molecule has 0 radical (unpaired) electrons. The maximum atomic E-state index is 9.71. The number of rotatable bonds is 6. The largest absolute Gasteiger partial charge is 0.489 e. The van der Waals surface area contributed by atoms with Gasteiger partial charge in [0.25, 0.3) is 0 Å². The summed E-state index contributed by atoms with van der Waals surface area (Å²) in [5, 5.41) is 14.1. The van der Waals surface area contributed by atoms with E-state index < -0.39 is 6.10 Å². The predicted molar refractivity (Wildman–Crippen MR) is 74.0 cm³/mol. The summed E-state index contributed by atoms with van der Waals surface area (Å²) in [5.74, 6) is 0.427. The molecule has 18 heavy (non-hydrogen) atoms. The normalized spacial score (nSPS) is 16.7. The van der Waals surface area contributed by atoms with Gasteiger partial charge in [0.05, 0.1) is 15.1 Å². The molecule has 0 spiro atoms. The van der Waals surface area contributed by atoms with Crippen LogP contribution < -0.4 is 10.1 Å². The zero-order valence-corrected chi connectivity index (χ0v) is 11.9. The molecule has 1 unspecified atom stereocenters. The fourth-order valence-corrected chi connectivity index (χ4v) is 2.04. The summed E-state index contributed by atoms with van der Waals surface area (Å²) in [7, 11) is 0. The molecule has 1 atom stereocenters. The highest BCUT2D eigenvalue weighted by Gasteiger charge is 2.21. The first kappa shape index (κ1) is 14.2. The molecular formula is C12H14Cl3NO2. The maximum absolute atomic E-state index is 9.71. The van der Waals surface area contributed by atoms with Crippen LogP contribution in [-0.4, -0.2) is 30.4 Å². The Labute approximate surface area is 121 Å². The molecule has 1 fully saturated rings. The molecular weight excluding hydrogens is 296 g/mol. The van der Waals surface area contributed by atoms with Gasteiger partial charge in [-0.15, -0.1) is 0 Å². The average molecular weight is 311 g/mol. The van der Waals surface area contributed by atoms with Crippen LogP contribution in [0.25, 0.3) is 0 Å². The molecule has 100 valence electrons. The van der Waals surface area contributed by atoms with Crippen molar-refractivity contribution in [3.8, 4) is 5.75 Å². The van der Waals surface area contributed by atoms with E-state index in [4.69, 9.17) is 39.5 Å². The van der Waals surface area contributed by atoms with Gasteiger partial charge in [-0.3, -0.25) is 0 Å². The molecule has 0 aromatic heterocycles. The third-order valence-electron chi connectivity index (χ3n) is 2.63. The smallest absolute Gasteiger partial charge is 0.139 e. The molecule has 1 aliphatic rings. The van der Waals surface area contributed by atoms with Crippen LogP contribution in [0.5, 0.6) is 5.75 Å². The van der Waals surface area contributed by atoms with E-state index in [-0.39, 0.29) is 6.61 Å². The van der Waals surface area contributed by atoms with Gasteiger partial charge in [-0.05, 0) is 18.9 Å². The quantitative estimate of drug-likeness (QED) is 0.793. The second-order valence-electron chi connectivity index (χ2n) is 4.34. The first-order valence-corrected chi connectivity index (χ1v) is 6.88. The number of benzene rings is 1. The first-order valence-electron chi connectivity index (χ1n) is 5.75. The van der Waals surface area contributed by atoms with E-state index in [2.05, 4.69) is 5.32 Å². The van der Waals surface area contributed by atoms with E-state index in [0.29, 0.717) is 33.4 Å². The van der Waals surface area contributed by atoms with Gasteiger partial charge in [0, 0.05) is 18.7 Å². The van der Waals surface area contributed by atoms with Crippen molar-refractivity contribution in [2.75, 3.05) is 13.2 Å². The van der Waals surface area contributed by atoms with Crippen molar-refractivity contribution in [3.05, 3.63) is 27.2 Å². The Morgan fingerprint density at radius 1 is 1.22 bits per heavy atom. The predicted octanol–water partition coefficient (Wildman–Crippen LogP) is 3.14. The lowest BCUT2D eigenvalue weighted by atomic mass is 10.3. The minimum absolute atomic E-state index is 0.164. The fraction of sp³-hybridized carbons (Fsp3) is 0.500. The summed E-state index contributed by atoms with van der Waals surface area (Å²) in [6.45, 7) is 0.682. The third-order valence-corrected chi connectivity index (χ3v) is 3.64. The van der Waals surface area contributed by atoms with Crippen LogP contribution in [0.15, 0.2) is 12.1 Å². The molecule has 2 N–H and O–H groups in total. The second-order valence-corrected chi connectivity index (χ2v) is 5.57. The zero-order valence-electron chi connectivity index (χ0n) is 9.63. The van der Waals surface area contributed by atoms with Gasteiger partial charge >= 0.3 is 0 Å². The summed E-state index contributed by atoms with van der Waals surface area (Å²) in [6.07, 6.45) is 1.80. The molecule has 2 rings (SSSR count). The molecule has 6 heteroatoms. The molecule has 0 aliphatic heterocycles. The van der Waals surface area contributed by atoms with Crippen LogP contribution in [0.1, 0.15) is 12.8 Å². The fourth-order valence-electron chi connectivity index (χ4n) is 1.45. The second kappa shape index (κ2) is 6.31. The lowest BCUT2D eigenvalue weighted by molar-refractivity contribution is 0.106. The number of ether oxygens (including phenoxy) is 1.